The van der Waals surface area contributed by atoms with E-state index < -0.39 is 5.97 Å². The largest absolute Gasteiger partial charge is 0.507 e. The Labute approximate surface area is 175 Å². The van der Waals surface area contributed by atoms with Gasteiger partial charge in [0.15, 0.2) is 5.78 Å². The van der Waals surface area contributed by atoms with Crippen molar-refractivity contribution in [3.63, 3.8) is 0 Å². The van der Waals surface area contributed by atoms with Crippen LogP contribution in [0.5, 0.6) is 17.2 Å². The van der Waals surface area contributed by atoms with Crippen molar-refractivity contribution < 1.29 is 24.2 Å². The summed E-state index contributed by atoms with van der Waals surface area (Å²) in [6.45, 7) is 5.37. The molecule has 3 rings (SSSR count). The number of ether oxygens (including phenoxy) is 2. The van der Waals surface area contributed by atoms with Crippen molar-refractivity contribution in [2.24, 2.45) is 0 Å². The van der Waals surface area contributed by atoms with E-state index in [-0.39, 0.29) is 17.1 Å². The summed E-state index contributed by atoms with van der Waals surface area (Å²) in [7, 11) is 1.49. The second-order valence-electron chi connectivity index (χ2n) is 6.53. The second-order valence-corrected chi connectivity index (χ2v) is 6.53. The van der Waals surface area contributed by atoms with Crippen molar-refractivity contribution in [1.82, 2.24) is 0 Å². The molecule has 5 nitrogen and oxygen atoms in total. The summed E-state index contributed by atoms with van der Waals surface area (Å²) >= 11 is 0. The SMILES string of the molecule is C=CC(=O)Oc1cccc(-c2cc(C(=O)c3ccccc3)c(O)cc2OC)c1CC. The quantitative estimate of drug-likeness (QED) is 0.262. The van der Waals surface area contributed by atoms with Crippen molar-refractivity contribution >= 4 is 11.8 Å². The van der Waals surface area contributed by atoms with E-state index in [4.69, 9.17) is 9.47 Å². The molecule has 0 aromatic heterocycles. The molecule has 1 N–H and O–H groups in total. The number of benzene rings is 3. The van der Waals surface area contributed by atoms with Crippen LogP contribution in [-0.4, -0.2) is 24.0 Å². The van der Waals surface area contributed by atoms with E-state index in [0.29, 0.717) is 29.0 Å². The fourth-order valence-electron chi connectivity index (χ4n) is 3.30. The minimum Gasteiger partial charge on any atom is -0.507 e. The van der Waals surface area contributed by atoms with E-state index in [0.717, 1.165) is 17.2 Å². The van der Waals surface area contributed by atoms with Gasteiger partial charge in [0.25, 0.3) is 0 Å². The summed E-state index contributed by atoms with van der Waals surface area (Å²) < 4.78 is 10.8. The van der Waals surface area contributed by atoms with Crippen LogP contribution in [0, 0.1) is 0 Å². The van der Waals surface area contributed by atoms with Crippen LogP contribution in [0.3, 0.4) is 0 Å². The minimum atomic E-state index is -0.556. The number of aromatic hydroxyl groups is 1. The lowest BCUT2D eigenvalue weighted by Gasteiger charge is -2.17. The van der Waals surface area contributed by atoms with E-state index in [1.165, 1.54) is 13.2 Å². The Morgan fingerprint density at radius 2 is 1.73 bits per heavy atom. The number of carbonyl (C=O) groups excluding carboxylic acids is 2. The lowest BCUT2D eigenvalue weighted by molar-refractivity contribution is -0.129. The normalized spacial score (nSPS) is 10.3. The molecule has 0 amide bonds. The van der Waals surface area contributed by atoms with Gasteiger partial charge >= 0.3 is 5.97 Å². The Morgan fingerprint density at radius 1 is 1.00 bits per heavy atom. The zero-order valence-electron chi connectivity index (χ0n) is 16.8. The van der Waals surface area contributed by atoms with Crippen molar-refractivity contribution in [2.75, 3.05) is 7.11 Å². The third-order valence-corrected chi connectivity index (χ3v) is 4.75. The molecule has 0 aliphatic carbocycles. The molecule has 3 aromatic carbocycles. The molecule has 0 saturated carbocycles. The molecule has 0 bridgehead atoms. The van der Waals surface area contributed by atoms with Gasteiger partial charge in [-0.2, -0.15) is 0 Å². The Morgan fingerprint density at radius 3 is 2.37 bits per heavy atom. The van der Waals surface area contributed by atoms with Gasteiger partial charge in [0.05, 0.1) is 12.7 Å². The van der Waals surface area contributed by atoms with E-state index in [1.54, 1.807) is 42.5 Å². The smallest absolute Gasteiger partial charge is 0.335 e. The lowest BCUT2D eigenvalue weighted by atomic mass is 9.92. The number of hydrogen-bond acceptors (Lipinski definition) is 5. The molecule has 30 heavy (non-hydrogen) atoms. The highest BCUT2D eigenvalue weighted by atomic mass is 16.5. The molecular formula is C25H22O5. The predicted octanol–water partition coefficient (Wildman–Crippen LogP) is 4.95. The molecule has 0 aliphatic rings. The number of phenols is 1. The van der Waals surface area contributed by atoms with Gasteiger partial charge in [0, 0.05) is 28.8 Å². The van der Waals surface area contributed by atoms with E-state index in [9.17, 15) is 14.7 Å². The van der Waals surface area contributed by atoms with Crippen LogP contribution in [0.2, 0.25) is 0 Å². The summed E-state index contributed by atoms with van der Waals surface area (Å²) in [4.78, 5) is 24.7. The zero-order valence-corrected chi connectivity index (χ0v) is 16.8. The molecule has 0 spiro atoms. The lowest BCUT2D eigenvalue weighted by Crippen LogP contribution is -2.07. The molecule has 152 valence electrons. The standard InChI is InChI=1S/C25H22O5/c1-4-17-18(12-9-13-22(17)30-24(27)5-2)19-14-20(21(26)15-23(19)29-3)25(28)16-10-7-6-8-11-16/h5-15,26H,2,4H2,1,3H3. The molecule has 3 aromatic rings. The van der Waals surface area contributed by atoms with Crippen LogP contribution in [0.1, 0.15) is 28.4 Å². The predicted molar refractivity (Wildman–Crippen MR) is 115 cm³/mol. The Hall–Kier alpha value is -3.86. The molecule has 0 aliphatic heterocycles. The molecule has 0 unspecified atom stereocenters. The Bertz CT molecular complexity index is 1100. The molecule has 0 radical (unpaired) electrons. The minimum absolute atomic E-state index is 0.160. The highest BCUT2D eigenvalue weighted by Crippen LogP contribution is 2.40. The van der Waals surface area contributed by atoms with Crippen molar-refractivity contribution in [1.29, 1.82) is 0 Å². The first-order valence-electron chi connectivity index (χ1n) is 9.47. The summed E-state index contributed by atoms with van der Waals surface area (Å²) in [5, 5.41) is 10.5. The van der Waals surface area contributed by atoms with Crippen LogP contribution in [0.15, 0.2) is 73.3 Å². The van der Waals surface area contributed by atoms with Gasteiger partial charge in [0.1, 0.15) is 17.2 Å². The third-order valence-electron chi connectivity index (χ3n) is 4.75. The van der Waals surface area contributed by atoms with E-state index in [1.807, 2.05) is 19.1 Å². The number of rotatable bonds is 7. The highest BCUT2D eigenvalue weighted by molar-refractivity contribution is 6.11. The Balaban J connectivity index is 2.18. The summed E-state index contributed by atoms with van der Waals surface area (Å²) in [5.74, 6) is -0.217. The van der Waals surface area contributed by atoms with E-state index in [2.05, 4.69) is 6.58 Å². The van der Waals surface area contributed by atoms with Crippen molar-refractivity contribution in [2.45, 2.75) is 13.3 Å². The molecule has 5 heteroatoms. The maximum Gasteiger partial charge on any atom is 0.335 e. The fourth-order valence-corrected chi connectivity index (χ4v) is 3.30. The average molecular weight is 402 g/mol. The van der Waals surface area contributed by atoms with Crippen LogP contribution in [-0.2, 0) is 11.2 Å². The molecule has 0 fully saturated rings. The van der Waals surface area contributed by atoms with Crippen molar-refractivity contribution in [3.8, 4) is 28.4 Å². The summed E-state index contributed by atoms with van der Waals surface area (Å²) in [6.07, 6.45) is 1.67. The van der Waals surface area contributed by atoms with Crippen molar-refractivity contribution in [3.05, 3.63) is 90.0 Å². The molecule has 0 saturated heterocycles. The summed E-state index contributed by atoms with van der Waals surface area (Å²) in [6, 6.07) is 17.1. The van der Waals surface area contributed by atoms with Gasteiger partial charge in [-0.3, -0.25) is 4.79 Å². The second kappa shape index (κ2) is 9.09. The molecular weight excluding hydrogens is 380 g/mol. The third kappa shape index (κ3) is 4.10. The average Bonchev–Trinajstić information content (AvgIpc) is 2.78. The van der Waals surface area contributed by atoms with Crippen LogP contribution in [0.25, 0.3) is 11.1 Å². The number of carbonyl (C=O) groups is 2. The summed E-state index contributed by atoms with van der Waals surface area (Å²) in [5.41, 5.74) is 2.75. The van der Waals surface area contributed by atoms with Crippen LogP contribution >= 0.6 is 0 Å². The number of phenolic OH excluding ortho intramolecular Hbond substituents is 1. The number of esters is 1. The zero-order chi connectivity index (χ0) is 21.7. The van der Waals surface area contributed by atoms with Gasteiger partial charge in [-0.15, -0.1) is 0 Å². The monoisotopic (exact) mass is 402 g/mol. The van der Waals surface area contributed by atoms with Gasteiger partial charge in [-0.25, -0.2) is 4.79 Å². The van der Waals surface area contributed by atoms with Gasteiger partial charge in [-0.05, 0) is 24.1 Å². The van der Waals surface area contributed by atoms with Crippen LogP contribution < -0.4 is 9.47 Å². The van der Waals surface area contributed by atoms with Gasteiger partial charge in [-0.1, -0.05) is 56.0 Å². The highest BCUT2D eigenvalue weighted by Gasteiger charge is 2.21. The Kier molecular flexibility index (Phi) is 6.32. The van der Waals surface area contributed by atoms with Gasteiger partial charge in [0.2, 0.25) is 0 Å². The topological polar surface area (TPSA) is 72.8 Å². The number of methoxy groups -OCH3 is 1. The first-order chi connectivity index (χ1) is 14.5. The molecule has 0 atom stereocenters. The first kappa shape index (κ1) is 20.9. The van der Waals surface area contributed by atoms with Gasteiger partial charge < -0.3 is 14.6 Å². The maximum absolute atomic E-state index is 13.0. The number of ketones is 1. The maximum atomic E-state index is 13.0. The molecule has 0 heterocycles. The fraction of sp³-hybridized carbons (Fsp3) is 0.120. The number of hydrogen-bond donors (Lipinski definition) is 1. The van der Waals surface area contributed by atoms with Crippen LogP contribution in [0.4, 0.5) is 0 Å². The van der Waals surface area contributed by atoms with E-state index >= 15 is 0 Å². The first-order valence-corrected chi connectivity index (χ1v) is 9.47.